The van der Waals surface area contributed by atoms with Gasteiger partial charge < -0.3 is 27.2 Å². The molecule has 7 N–H and O–H groups in total. The molecule has 0 aromatic heterocycles. The number of hydrogen-bond donors (Lipinski definition) is 4. The van der Waals surface area contributed by atoms with Gasteiger partial charge in [-0.25, -0.2) is 0 Å². The number of aliphatic hydroxyl groups is 1. The number of hydrogen-bond acceptors (Lipinski definition) is 6. The number of nitrogens with zero attached hydrogens (tertiary/aromatic N) is 2. The second-order valence-corrected chi connectivity index (χ2v) is 5.19. The Morgan fingerprint density at radius 1 is 0.550 bits per heavy atom. The predicted molar refractivity (Wildman–Crippen MR) is 85.6 cm³/mol. The summed E-state index contributed by atoms with van der Waals surface area (Å²) in [6.07, 6.45) is 4.84. The SMILES string of the molecule is NCCN(CCN)CCCCCCN(CCN)CCO. The van der Waals surface area contributed by atoms with Crippen LogP contribution in [0.4, 0.5) is 0 Å². The van der Waals surface area contributed by atoms with Crippen molar-refractivity contribution in [3.05, 3.63) is 0 Å². The Labute approximate surface area is 124 Å². The third-order valence-electron chi connectivity index (χ3n) is 3.45. The average Bonchev–Trinajstić information content (AvgIpc) is 2.43. The largest absolute Gasteiger partial charge is 0.395 e. The molecule has 0 unspecified atom stereocenters. The van der Waals surface area contributed by atoms with Gasteiger partial charge in [0.05, 0.1) is 6.61 Å². The molecule has 0 aromatic rings. The highest BCUT2D eigenvalue weighted by molar-refractivity contribution is 4.61. The first-order chi connectivity index (χ1) is 9.78. The standard InChI is InChI=1S/C14H35N5O/c15-5-10-18(11-6-16)8-3-1-2-4-9-19(12-7-17)13-14-20/h20H,1-17H2. The third kappa shape index (κ3) is 11.6. The van der Waals surface area contributed by atoms with Gasteiger partial charge in [0.1, 0.15) is 0 Å². The van der Waals surface area contributed by atoms with Crippen molar-refractivity contribution in [2.75, 3.05) is 65.5 Å². The molecule has 0 bridgehead atoms. The summed E-state index contributed by atoms with van der Waals surface area (Å²) < 4.78 is 0. The van der Waals surface area contributed by atoms with Crippen molar-refractivity contribution < 1.29 is 5.11 Å². The van der Waals surface area contributed by atoms with Crippen molar-refractivity contribution in [1.29, 1.82) is 0 Å². The summed E-state index contributed by atoms with van der Waals surface area (Å²) in [4.78, 5) is 4.57. The normalized spacial score (nSPS) is 11.7. The van der Waals surface area contributed by atoms with E-state index in [0.29, 0.717) is 19.6 Å². The summed E-state index contributed by atoms with van der Waals surface area (Å²) in [6, 6.07) is 0. The minimum atomic E-state index is 0.215. The van der Waals surface area contributed by atoms with E-state index in [4.69, 9.17) is 22.3 Å². The zero-order chi connectivity index (χ0) is 15.1. The number of unbranched alkanes of at least 4 members (excludes halogenated alkanes) is 3. The van der Waals surface area contributed by atoms with Gasteiger partial charge in [-0.15, -0.1) is 0 Å². The molecule has 0 radical (unpaired) electrons. The Balaban J connectivity index is 3.53. The molecule has 0 saturated heterocycles. The van der Waals surface area contributed by atoms with E-state index in [2.05, 4.69) is 9.80 Å². The highest BCUT2D eigenvalue weighted by Gasteiger charge is 2.04. The maximum atomic E-state index is 8.96. The minimum absolute atomic E-state index is 0.215. The molecule has 0 aliphatic rings. The fourth-order valence-corrected chi connectivity index (χ4v) is 2.38. The molecule has 0 amide bonds. The lowest BCUT2D eigenvalue weighted by Gasteiger charge is -2.21. The molecule has 0 atom stereocenters. The van der Waals surface area contributed by atoms with Crippen LogP contribution in [0.5, 0.6) is 0 Å². The van der Waals surface area contributed by atoms with E-state index in [1.165, 1.54) is 25.7 Å². The van der Waals surface area contributed by atoms with Gasteiger partial charge in [-0.2, -0.15) is 0 Å². The first-order valence-corrected chi connectivity index (χ1v) is 7.94. The van der Waals surface area contributed by atoms with E-state index < -0.39 is 0 Å². The molecule has 0 fully saturated rings. The zero-order valence-corrected chi connectivity index (χ0v) is 13.0. The molecule has 6 nitrogen and oxygen atoms in total. The van der Waals surface area contributed by atoms with E-state index >= 15 is 0 Å². The molecule has 0 rings (SSSR count). The van der Waals surface area contributed by atoms with Gasteiger partial charge in [0, 0.05) is 45.8 Å². The Hall–Kier alpha value is -0.240. The van der Waals surface area contributed by atoms with Gasteiger partial charge in [-0.3, -0.25) is 4.90 Å². The molecule has 6 heteroatoms. The summed E-state index contributed by atoms with van der Waals surface area (Å²) in [7, 11) is 0. The molecular formula is C14H35N5O. The number of aliphatic hydroxyl groups excluding tert-OH is 1. The fourth-order valence-electron chi connectivity index (χ4n) is 2.38. The lowest BCUT2D eigenvalue weighted by Crippen LogP contribution is -2.34. The molecule has 122 valence electrons. The van der Waals surface area contributed by atoms with Crippen LogP contribution in [0.3, 0.4) is 0 Å². The lowest BCUT2D eigenvalue weighted by molar-refractivity contribution is 0.196. The second-order valence-electron chi connectivity index (χ2n) is 5.19. The molecule has 0 aliphatic carbocycles. The molecule has 20 heavy (non-hydrogen) atoms. The van der Waals surface area contributed by atoms with Crippen molar-refractivity contribution in [3.63, 3.8) is 0 Å². The molecule has 0 aliphatic heterocycles. The van der Waals surface area contributed by atoms with Crippen LogP contribution in [0, 0.1) is 0 Å². The van der Waals surface area contributed by atoms with Crippen LogP contribution in [0.25, 0.3) is 0 Å². The van der Waals surface area contributed by atoms with Crippen LogP contribution in [0.15, 0.2) is 0 Å². The lowest BCUT2D eigenvalue weighted by atomic mass is 10.1. The first kappa shape index (κ1) is 19.8. The smallest absolute Gasteiger partial charge is 0.0558 e. The Bertz CT molecular complexity index is 162. The maximum Gasteiger partial charge on any atom is 0.0558 e. The summed E-state index contributed by atoms with van der Waals surface area (Å²) >= 11 is 0. The summed E-state index contributed by atoms with van der Waals surface area (Å²) in [5.41, 5.74) is 16.7. The van der Waals surface area contributed by atoms with Crippen molar-refractivity contribution in [2.45, 2.75) is 25.7 Å². The highest BCUT2D eigenvalue weighted by Crippen LogP contribution is 2.03. The van der Waals surface area contributed by atoms with Gasteiger partial charge in [-0.1, -0.05) is 12.8 Å². The fraction of sp³-hybridized carbons (Fsp3) is 1.00. The summed E-state index contributed by atoms with van der Waals surface area (Å²) in [5.74, 6) is 0. The Kier molecular flexibility index (Phi) is 15.0. The van der Waals surface area contributed by atoms with Gasteiger partial charge >= 0.3 is 0 Å². The van der Waals surface area contributed by atoms with E-state index in [9.17, 15) is 0 Å². The molecule has 0 heterocycles. The Morgan fingerprint density at radius 3 is 1.30 bits per heavy atom. The van der Waals surface area contributed by atoms with Gasteiger partial charge in [0.15, 0.2) is 0 Å². The molecule has 0 aromatic carbocycles. The first-order valence-electron chi connectivity index (χ1n) is 7.94. The van der Waals surface area contributed by atoms with Crippen LogP contribution in [-0.4, -0.2) is 80.4 Å². The van der Waals surface area contributed by atoms with Gasteiger partial charge in [0.2, 0.25) is 0 Å². The third-order valence-corrected chi connectivity index (χ3v) is 3.45. The van der Waals surface area contributed by atoms with Crippen molar-refractivity contribution in [1.82, 2.24) is 9.80 Å². The van der Waals surface area contributed by atoms with Crippen LogP contribution in [0.1, 0.15) is 25.7 Å². The average molecular weight is 289 g/mol. The van der Waals surface area contributed by atoms with E-state index in [0.717, 1.165) is 39.3 Å². The summed E-state index contributed by atoms with van der Waals surface area (Å²) in [6.45, 7) is 7.91. The van der Waals surface area contributed by atoms with Crippen molar-refractivity contribution >= 4 is 0 Å². The van der Waals surface area contributed by atoms with E-state index in [-0.39, 0.29) is 6.61 Å². The zero-order valence-electron chi connectivity index (χ0n) is 13.0. The van der Waals surface area contributed by atoms with E-state index in [1.807, 2.05) is 0 Å². The van der Waals surface area contributed by atoms with Crippen LogP contribution in [0.2, 0.25) is 0 Å². The van der Waals surface area contributed by atoms with Crippen LogP contribution in [-0.2, 0) is 0 Å². The molecular weight excluding hydrogens is 254 g/mol. The minimum Gasteiger partial charge on any atom is -0.395 e. The van der Waals surface area contributed by atoms with Gasteiger partial charge in [-0.05, 0) is 25.9 Å². The highest BCUT2D eigenvalue weighted by atomic mass is 16.3. The van der Waals surface area contributed by atoms with Crippen LogP contribution < -0.4 is 17.2 Å². The second kappa shape index (κ2) is 15.2. The van der Waals surface area contributed by atoms with Gasteiger partial charge in [0.25, 0.3) is 0 Å². The quantitative estimate of drug-likeness (QED) is 0.289. The maximum absolute atomic E-state index is 8.96. The summed E-state index contributed by atoms with van der Waals surface area (Å²) in [5, 5.41) is 8.96. The number of rotatable bonds is 15. The van der Waals surface area contributed by atoms with Crippen molar-refractivity contribution in [3.8, 4) is 0 Å². The molecule has 0 saturated carbocycles. The van der Waals surface area contributed by atoms with Crippen LogP contribution >= 0.6 is 0 Å². The predicted octanol–water partition coefficient (Wildman–Crippen LogP) is -0.981. The number of nitrogens with two attached hydrogens (primary N) is 3. The van der Waals surface area contributed by atoms with Crippen molar-refractivity contribution in [2.24, 2.45) is 17.2 Å². The molecule has 0 spiro atoms. The topological polar surface area (TPSA) is 105 Å². The monoisotopic (exact) mass is 289 g/mol. The van der Waals surface area contributed by atoms with E-state index in [1.54, 1.807) is 0 Å². The Morgan fingerprint density at radius 2 is 0.950 bits per heavy atom.